The highest BCUT2D eigenvalue weighted by Gasteiger charge is 2.24. The molecule has 0 aliphatic carbocycles. The molecular weight excluding hydrogens is 288 g/mol. The van der Waals surface area contributed by atoms with Crippen LogP contribution in [0, 0.1) is 0 Å². The van der Waals surface area contributed by atoms with E-state index in [1.807, 2.05) is 11.7 Å². The van der Waals surface area contributed by atoms with Gasteiger partial charge in [0.25, 0.3) is 0 Å². The van der Waals surface area contributed by atoms with Gasteiger partial charge in [-0.3, -0.25) is 4.68 Å². The first-order valence-corrected chi connectivity index (χ1v) is 9.33. The van der Waals surface area contributed by atoms with Crippen molar-refractivity contribution in [2.24, 2.45) is 7.05 Å². The average molecular weight is 314 g/mol. The lowest BCUT2D eigenvalue weighted by molar-refractivity contribution is 0.290. The van der Waals surface area contributed by atoms with Crippen molar-refractivity contribution in [3.63, 3.8) is 0 Å². The first-order valence-electron chi connectivity index (χ1n) is 7.48. The van der Waals surface area contributed by atoms with Crippen molar-refractivity contribution in [3.05, 3.63) is 17.5 Å². The van der Waals surface area contributed by atoms with Crippen molar-refractivity contribution in [1.29, 1.82) is 0 Å². The number of piperidine rings is 1. The molecular formula is C14H26N4O2S. The van der Waals surface area contributed by atoms with Gasteiger partial charge in [0.05, 0.1) is 11.9 Å². The fourth-order valence-corrected chi connectivity index (χ4v) is 3.70. The van der Waals surface area contributed by atoms with Gasteiger partial charge in [0, 0.05) is 44.5 Å². The van der Waals surface area contributed by atoms with Crippen LogP contribution in [-0.4, -0.2) is 47.9 Å². The van der Waals surface area contributed by atoms with Crippen LogP contribution in [0.5, 0.6) is 0 Å². The molecule has 7 heteroatoms. The predicted molar refractivity (Wildman–Crippen MR) is 83.6 cm³/mol. The Balaban J connectivity index is 1.88. The molecule has 21 heavy (non-hydrogen) atoms. The van der Waals surface area contributed by atoms with Crippen LogP contribution in [0.4, 0.5) is 0 Å². The Kier molecular flexibility index (Phi) is 5.06. The standard InChI is InChI=1S/C14H26N4O2S/c1-11(2)14-12(10-17(3)16-14)9-15-13-5-7-18(8-6-13)21(4,19)20/h10-11,13,15H,5-9H2,1-4H3. The first kappa shape index (κ1) is 16.5. The van der Waals surface area contributed by atoms with E-state index in [1.165, 1.54) is 11.8 Å². The van der Waals surface area contributed by atoms with E-state index in [1.54, 1.807) is 4.31 Å². The molecule has 6 nitrogen and oxygen atoms in total. The van der Waals surface area contributed by atoms with Crippen molar-refractivity contribution >= 4 is 10.0 Å². The number of aromatic nitrogens is 2. The van der Waals surface area contributed by atoms with Gasteiger partial charge in [-0.25, -0.2) is 12.7 Å². The van der Waals surface area contributed by atoms with E-state index >= 15 is 0 Å². The third-order valence-corrected chi connectivity index (χ3v) is 5.29. The fraction of sp³-hybridized carbons (Fsp3) is 0.786. The minimum absolute atomic E-state index is 0.378. The molecule has 0 unspecified atom stereocenters. The average Bonchev–Trinajstić information content (AvgIpc) is 2.77. The zero-order valence-corrected chi connectivity index (χ0v) is 14.2. The molecule has 2 heterocycles. The number of rotatable bonds is 5. The van der Waals surface area contributed by atoms with Crippen molar-refractivity contribution in [2.45, 2.75) is 45.2 Å². The van der Waals surface area contributed by atoms with E-state index in [2.05, 4.69) is 30.5 Å². The van der Waals surface area contributed by atoms with Crippen LogP contribution in [0.3, 0.4) is 0 Å². The Morgan fingerprint density at radius 3 is 2.52 bits per heavy atom. The summed E-state index contributed by atoms with van der Waals surface area (Å²) in [7, 11) is -1.09. The molecule has 0 saturated carbocycles. The lowest BCUT2D eigenvalue weighted by Crippen LogP contribution is -2.44. The van der Waals surface area contributed by atoms with Crippen molar-refractivity contribution < 1.29 is 8.42 Å². The van der Waals surface area contributed by atoms with Crippen LogP contribution in [0.2, 0.25) is 0 Å². The maximum atomic E-state index is 11.5. The lowest BCUT2D eigenvalue weighted by atomic mass is 10.0. The van der Waals surface area contributed by atoms with Crippen LogP contribution < -0.4 is 5.32 Å². The van der Waals surface area contributed by atoms with Gasteiger partial charge >= 0.3 is 0 Å². The quantitative estimate of drug-likeness (QED) is 0.882. The summed E-state index contributed by atoms with van der Waals surface area (Å²) in [4.78, 5) is 0. The second-order valence-electron chi connectivity index (χ2n) is 6.19. The highest BCUT2D eigenvalue weighted by molar-refractivity contribution is 7.88. The molecule has 0 radical (unpaired) electrons. The molecule has 0 aromatic carbocycles. The summed E-state index contributed by atoms with van der Waals surface area (Å²) in [5.74, 6) is 0.412. The molecule has 1 fully saturated rings. The topological polar surface area (TPSA) is 67.2 Å². The minimum atomic E-state index is -3.04. The van der Waals surface area contributed by atoms with Crippen LogP contribution >= 0.6 is 0 Å². The number of hydrogen-bond donors (Lipinski definition) is 1. The zero-order valence-electron chi connectivity index (χ0n) is 13.3. The fourth-order valence-electron chi connectivity index (χ4n) is 2.82. The molecule has 1 aliphatic rings. The number of aryl methyl sites for hydroxylation is 1. The Hall–Kier alpha value is -0.920. The normalized spacial score (nSPS) is 18.5. The summed E-state index contributed by atoms with van der Waals surface area (Å²) >= 11 is 0. The van der Waals surface area contributed by atoms with Gasteiger partial charge in [-0.05, 0) is 18.8 Å². The summed E-state index contributed by atoms with van der Waals surface area (Å²) < 4.78 is 26.4. The van der Waals surface area contributed by atoms with Crippen LogP contribution in [0.25, 0.3) is 0 Å². The summed E-state index contributed by atoms with van der Waals surface area (Å²) in [5, 5.41) is 8.05. The van der Waals surface area contributed by atoms with E-state index in [0.29, 0.717) is 25.0 Å². The maximum Gasteiger partial charge on any atom is 0.211 e. The molecule has 0 bridgehead atoms. The number of nitrogens with zero attached hydrogens (tertiary/aromatic N) is 3. The Morgan fingerprint density at radius 1 is 1.38 bits per heavy atom. The van der Waals surface area contributed by atoms with Gasteiger partial charge in [0.2, 0.25) is 10.0 Å². The van der Waals surface area contributed by atoms with Gasteiger partial charge in [0.1, 0.15) is 0 Å². The van der Waals surface area contributed by atoms with E-state index in [4.69, 9.17) is 0 Å². The Morgan fingerprint density at radius 2 is 2.00 bits per heavy atom. The monoisotopic (exact) mass is 314 g/mol. The highest BCUT2D eigenvalue weighted by atomic mass is 32.2. The molecule has 1 aliphatic heterocycles. The third-order valence-electron chi connectivity index (χ3n) is 3.99. The number of nitrogens with one attached hydrogen (secondary N) is 1. The SMILES string of the molecule is CC(C)c1nn(C)cc1CNC1CCN(S(C)(=O)=O)CC1. The van der Waals surface area contributed by atoms with Gasteiger partial charge in [-0.2, -0.15) is 5.10 Å². The highest BCUT2D eigenvalue weighted by Crippen LogP contribution is 2.18. The smallest absolute Gasteiger partial charge is 0.211 e. The van der Waals surface area contributed by atoms with Crippen molar-refractivity contribution in [3.8, 4) is 0 Å². The molecule has 1 aromatic heterocycles. The van der Waals surface area contributed by atoms with E-state index in [9.17, 15) is 8.42 Å². The van der Waals surface area contributed by atoms with E-state index in [-0.39, 0.29) is 0 Å². The number of hydrogen-bond acceptors (Lipinski definition) is 4. The van der Waals surface area contributed by atoms with Crippen molar-refractivity contribution in [2.75, 3.05) is 19.3 Å². The maximum absolute atomic E-state index is 11.5. The lowest BCUT2D eigenvalue weighted by Gasteiger charge is -2.30. The Labute approximate surface area is 127 Å². The number of sulfonamides is 1. The third kappa shape index (κ3) is 4.28. The second-order valence-corrected chi connectivity index (χ2v) is 8.17. The summed E-state index contributed by atoms with van der Waals surface area (Å²) in [6.07, 6.45) is 5.08. The molecule has 0 atom stereocenters. The van der Waals surface area contributed by atoms with Gasteiger partial charge in [0.15, 0.2) is 0 Å². The van der Waals surface area contributed by atoms with Crippen LogP contribution in [-0.2, 0) is 23.6 Å². The summed E-state index contributed by atoms with van der Waals surface area (Å²) in [5.41, 5.74) is 2.37. The van der Waals surface area contributed by atoms with Crippen molar-refractivity contribution in [1.82, 2.24) is 19.4 Å². The molecule has 1 saturated heterocycles. The molecule has 0 spiro atoms. The van der Waals surface area contributed by atoms with Gasteiger partial charge in [-0.15, -0.1) is 0 Å². The second kappa shape index (κ2) is 6.46. The first-order chi connectivity index (χ1) is 9.77. The molecule has 2 rings (SSSR count). The van der Waals surface area contributed by atoms with Crippen LogP contribution in [0.15, 0.2) is 6.20 Å². The molecule has 120 valence electrons. The van der Waals surface area contributed by atoms with Gasteiger partial charge in [-0.1, -0.05) is 13.8 Å². The summed E-state index contributed by atoms with van der Waals surface area (Å²) in [6.45, 7) is 6.32. The minimum Gasteiger partial charge on any atom is -0.310 e. The van der Waals surface area contributed by atoms with E-state index < -0.39 is 10.0 Å². The molecule has 1 aromatic rings. The predicted octanol–water partition coefficient (Wildman–Crippen LogP) is 1.06. The summed E-state index contributed by atoms with van der Waals surface area (Å²) in [6, 6.07) is 0.378. The molecule has 0 amide bonds. The molecule has 1 N–H and O–H groups in total. The van der Waals surface area contributed by atoms with Crippen LogP contribution in [0.1, 0.15) is 43.9 Å². The van der Waals surface area contributed by atoms with Gasteiger partial charge < -0.3 is 5.32 Å². The van der Waals surface area contributed by atoms with E-state index in [0.717, 1.165) is 25.1 Å². The largest absolute Gasteiger partial charge is 0.310 e. The zero-order chi connectivity index (χ0) is 15.6. The Bertz CT molecular complexity index is 572.